The van der Waals surface area contributed by atoms with E-state index in [0.29, 0.717) is 0 Å². The van der Waals surface area contributed by atoms with Crippen molar-refractivity contribution in [1.29, 1.82) is 0 Å². The Morgan fingerprint density at radius 1 is 0.478 bits per heavy atom. The van der Waals surface area contributed by atoms with E-state index >= 15 is 0 Å². The first-order valence-electron chi connectivity index (χ1n) is 20.2. The quantitative estimate of drug-likeness (QED) is 0.0661. The van der Waals surface area contributed by atoms with Crippen LogP contribution in [0.4, 0.5) is 65.9 Å². The van der Waals surface area contributed by atoms with Crippen LogP contribution in [-0.4, -0.2) is 41.3 Å². The number of halogens is 15. The summed E-state index contributed by atoms with van der Waals surface area (Å²) in [5, 5.41) is 9.81. The van der Waals surface area contributed by atoms with Crippen LogP contribution in [0.15, 0.2) is 24.3 Å². The van der Waals surface area contributed by atoms with Crippen LogP contribution in [0.5, 0.6) is 5.75 Å². The molecule has 0 unspecified atom stereocenters. The van der Waals surface area contributed by atoms with Crippen LogP contribution in [0.25, 0.3) is 0 Å². The number of aryl methyl sites for hydroxylation is 4. The van der Waals surface area contributed by atoms with Crippen molar-refractivity contribution in [3.05, 3.63) is 151 Å². The van der Waals surface area contributed by atoms with E-state index in [-0.39, 0.29) is 39.4 Å². The van der Waals surface area contributed by atoms with Gasteiger partial charge in [0.1, 0.15) is 41.0 Å². The first-order valence-corrected chi connectivity index (χ1v) is 21.8. The molecule has 0 spiro atoms. The average molecular weight is 977 g/mol. The molecule has 67 heavy (non-hydrogen) atoms. The Bertz CT molecular complexity index is 2640. The molecule has 0 amide bonds. The Hall–Kier alpha value is -5.35. The van der Waals surface area contributed by atoms with Crippen LogP contribution in [0.2, 0.25) is 12.6 Å². The first kappa shape index (κ1) is 52.6. The van der Waals surface area contributed by atoms with Crippen LogP contribution in [0.3, 0.4) is 0 Å². The summed E-state index contributed by atoms with van der Waals surface area (Å²) in [6.45, 7) is 21.7. The Kier molecular flexibility index (Phi) is 14.6. The number of nitrogens with zero attached hydrogens (tertiary/aromatic N) is 4. The maximum absolute atomic E-state index is 14.6. The molecule has 0 bridgehead atoms. The number of hydrogen-bond acceptors (Lipinski definition) is 3. The summed E-state index contributed by atoms with van der Waals surface area (Å²) in [5.41, 5.74) is -0.0906. The minimum absolute atomic E-state index is 0.00105. The van der Waals surface area contributed by atoms with E-state index in [1.54, 1.807) is 0 Å². The van der Waals surface area contributed by atoms with Gasteiger partial charge >= 0.3 is 200 Å². The van der Waals surface area contributed by atoms with E-state index in [4.69, 9.17) is 14.0 Å². The van der Waals surface area contributed by atoms with Crippen LogP contribution in [0.1, 0.15) is 87.2 Å². The SMILES string of the molecule is C[B-](c1c(F)c(F)c(F)c(F)c1F)(c1c(F)c(F)c(F)c(F)c1F)c1c(F)c(F)c(F)c(F)c1F.[CH3][Al+][O]c1c(C(n2nc(C)cc2C)n2nc(C)cc2C)cc(C(C)(C)C)cc1C(C)(C)C. The van der Waals surface area contributed by atoms with Gasteiger partial charge in [-0.3, -0.25) is 0 Å². The third-order valence-corrected chi connectivity index (χ3v) is 11.8. The van der Waals surface area contributed by atoms with Crippen molar-refractivity contribution < 1.29 is 69.6 Å². The summed E-state index contributed by atoms with van der Waals surface area (Å²) >= 11 is -0.174. The topological polar surface area (TPSA) is 44.9 Å². The summed E-state index contributed by atoms with van der Waals surface area (Å²) in [4.78, 5) is 0. The van der Waals surface area contributed by atoms with Gasteiger partial charge in [0.15, 0.2) is 52.4 Å². The molecule has 5 nitrogen and oxygen atoms in total. The molecule has 6 rings (SSSR count). The Morgan fingerprint density at radius 2 is 0.776 bits per heavy atom. The van der Waals surface area contributed by atoms with E-state index in [2.05, 4.69) is 94.8 Å². The minimum atomic E-state index is -5.41. The molecule has 358 valence electrons. The molecule has 22 heteroatoms. The number of rotatable bonds is 8. The van der Waals surface area contributed by atoms with Crippen molar-refractivity contribution in [2.24, 2.45) is 0 Å². The molecule has 4 aromatic carbocycles. The predicted molar refractivity (Wildman–Crippen MR) is 222 cm³/mol. The predicted octanol–water partition coefficient (Wildman–Crippen LogP) is 10.9. The van der Waals surface area contributed by atoms with E-state index < -0.39 is 110 Å². The number of hydrogen-bond donors (Lipinski definition) is 0. The van der Waals surface area contributed by atoms with Gasteiger partial charge in [-0.15, -0.1) is 16.4 Å². The second-order valence-corrected chi connectivity index (χ2v) is 18.9. The van der Waals surface area contributed by atoms with Crippen molar-refractivity contribution in [3.63, 3.8) is 0 Å². The Balaban J connectivity index is 0.000000252. The second kappa shape index (κ2) is 18.6. The van der Waals surface area contributed by atoms with Gasteiger partial charge in [-0.25, -0.2) is 65.9 Å². The summed E-state index contributed by atoms with van der Waals surface area (Å²) in [6.07, 6.45) is -5.63. The average Bonchev–Trinajstić information content (AvgIpc) is 3.76. The van der Waals surface area contributed by atoms with Crippen LogP contribution in [0, 0.1) is 115 Å². The van der Waals surface area contributed by atoms with E-state index in [9.17, 15) is 65.9 Å². The maximum atomic E-state index is 14.6. The van der Waals surface area contributed by atoms with Crippen molar-refractivity contribution in [2.45, 2.75) is 98.8 Å². The molecule has 2 aromatic heterocycles. The molecule has 0 aliphatic carbocycles. The molecule has 0 fully saturated rings. The van der Waals surface area contributed by atoms with Gasteiger partial charge < -0.3 is 0 Å². The molecule has 0 saturated heterocycles. The second-order valence-electron chi connectivity index (χ2n) is 18.2. The van der Waals surface area contributed by atoms with Gasteiger partial charge in [0.05, 0.1) is 0 Å². The fraction of sp³-hybridized carbons (Fsp3) is 0.333. The number of aromatic nitrogens is 4. The van der Waals surface area contributed by atoms with Gasteiger partial charge in [-0.05, 0) is 0 Å². The van der Waals surface area contributed by atoms with Crippen molar-refractivity contribution in [3.8, 4) is 5.75 Å². The fourth-order valence-electron chi connectivity index (χ4n) is 8.06. The standard InChI is InChI=1S/C25H36N4O.C19H3BF15.CH3.Al/c1-15-11-17(3)28(26-15)23(29-18(4)12-16(2)27-29)20-13-19(24(5,6)7)14-21(22(20)30)25(8,9)10;1-20(2-5(21)11(27)17(33)12(28)6(2)22,3-7(23)13(29)18(34)14(30)8(3)24)4-9(25)15(31)19(35)16(32)10(4)26;;/h11-14,23,30H,1-10H3;1H3;1H3;/q;-1;;+2/p-1. The zero-order valence-electron chi connectivity index (χ0n) is 37.9. The molecule has 0 N–H and O–H groups in total. The molecule has 0 aliphatic rings. The molecule has 0 aliphatic heterocycles. The van der Waals surface area contributed by atoms with Crippen molar-refractivity contribution in [1.82, 2.24) is 19.6 Å². The normalized spacial score (nSPS) is 12.2. The molecule has 2 heterocycles. The van der Waals surface area contributed by atoms with Gasteiger partial charge in [0.2, 0.25) is 0 Å². The van der Waals surface area contributed by atoms with Gasteiger partial charge in [0, 0.05) is 0 Å². The van der Waals surface area contributed by atoms with E-state index in [1.165, 1.54) is 11.1 Å². The third-order valence-electron chi connectivity index (χ3n) is 11.3. The van der Waals surface area contributed by atoms with Gasteiger partial charge in [-0.1, -0.05) is 0 Å². The van der Waals surface area contributed by atoms with Gasteiger partial charge in [-0.2, -0.15) is 6.82 Å². The zero-order chi connectivity index (χ0) is 50.9. The summed E-state index contributed by atoms with van der Waals surface area (Å²) in [7, 11) is 0. The molecule has 0 atom stereocenters. The van der Waals surface area contributed by atoms with Crippen molar-refractivity contribution >= 4 is 38.1 Å². The molecule has 0 saturated carbocycles. The molecule has 0 radical (unpaired) electrons. The van der Waals surface area contributed by atoms with Gasteiger partial charge in [0.25, 0.3) is 0 Å². The first-order chi connectivity index (χ1) is 30.8. The fourth-order valence-corrected chi connectivity index (χ4v) is 8.56. The summed E-state index contributed by atoms with van der Waals surface area (Å²) in [5.74, 6) is -42.0. The molecular weight excluding hydrogens is 935 g/mol. The van der Waals surface area contributed by atoms with E-state index in [1.807, 2.05) is 13.8 Å². The zero-order valence-corrected chi connectivity index (χ0v) is 39.1. The van der Waals surface area contributed by atoms with Crippen LogP contribution < -0.4 is 20.2 Å². The van der Waals surface area contributed by atoms with Crippen LogP contribution >= 0.6 is 0 Å². The number of benzene rings is 4. The Labute approximate surface area is 381 Å². The summed E-state index contributed by atoms with van der Waals surface area (Å²) in [6, 6.07) is 8.91. The molecule has 6 aromatic rings. The third kappa shape index (κ3) is 9.07. The van der Waals surface area contributed by atoms with Crippen LogP contribution in [-0.2, 0) is 10.8 Å². The van der Waals surface area contributed by atoms with Crippen molar-refractivity contribution in [2.75, 3.05) is 0 Å². The summed E-state index contributed by atoms with van der Waals surface area (Å²) < 4.78 is 222. The van der Waals surface area contributed by atoms with E-state index in [0.717, 1.165) is 34.1 Å². The monoisotopic (exact) mass is 976 g/mol. The molecular formula is C45H41AlBF15N4O. The Morgan fingerprint density at radius 3 is 1.01 bits per heavy atom.